The molecular weight excluding hydrogens is 298 g/mol. The van der Waals surface area contributed by atoms with Crippen LogP contribution in [0.25, 0.3) is 5.69 Å². The molecule has 3 heterocycles. The van der Waals surface area contributed by atoms with Crippen LogP contribution in [0.2, 0.25) is 0 Å². The van der Waals surface area contributed by atoms with Crippen molar-refractivity contribution in [1.82, 2.24) is 24.2 Å². The maximum absolute atomic E-state index is 4.44. The van der Waals surface area contributed by atoms with Gasteiger partial charge in [-0.25, -0.2) is 4.98 Å². The van der Waals surface area contributed by atoms with Gasteiger partial charge < -0.3 is 4.57 Å². The number of hydrogen-bond acceptors (Lipinski definition) is 3. The first-order valence-electron chi connectivity index (χ1n) is 8.58. The van der Waals surface area contributed by atoms with Gasteiger partial charge in [0.2, 0.25) is 0 Å². The molecular formula is C19H23N5. The van der Waals surface area contributed by atoms with Gasteiger partial charge in [-0.3, -0.25) is 9.58 Å². The zero-order valence-electron chi connectivity index (χ0n) is 14.0. The van der Waals surface area contributed by atoms with E-state index in [9.17, 15) is 0 Å². The summed E-state index contributed by atoms with van der Waals surface area (Å²) in [6, 6.07) is 9.36. The van der Waals surface area contributed by atoms with E-state index in [0.29, 0.717) is 6.04 Å². The van der Waals surface area contributed by atoms with Crippen LogP contribution in [-0.4, -0.2) is 36.8 Å². The molecule has 1 atom stereocenters. The molecule has 0 bridgehead atoms. The van der Waals surface area contributed by atoms with Gasteiger partial charge in [0.1, 0.15) is 0 Å². The summed E-state index contributed by atoms with van der Waals surface area (Å²) in [7, 11) is 0. The molecule has 24 heavy (non-hydrogen) atoms. The first-order valence-corrected chi connectivity index (χ1v) is 8.58. The van der Waals surface area contributed by atoms with Gasteiger partial charge in [0.25, 0.3) is 0 Å². The highest BCUT2D eigenvalue weighted by Crippen LogP contribution is 2.22. The molecule has 1 saturated heterocycles. The van der Waals surface area contributed by atoms with Gasteiger partial charge in [-0.15, -0.1) is 0 Å². The lowest BCUT2D eigenvalue weighted by molar-refractivity contribution is 0.219. The molecule has 1 fully saturated rings. The number of imidazole rings is 1. The average Bonchev–Trinajstić information content (AvgIpc) is 3.32. The third-order valence-corrected chi connectivity index (χ3v) is 4.78. The minimum atomic E-state index is 0.581. The summed E-state index contributed by atoms with van der Waals surface area (Å²) in [5.74, 6) is 0. The molecule has 124 valence electrons. The third-order valence-electron chi connectivity index (χ3n) is 4.78. The van der Waals surface area contributed by atoms with Gasteiger partial charge in [0.05, 0.1) is 19.1 Å². The number of aromatic nitrogens is 4. The standard InChI is InChI=1S/C19H23N5/c1-16-11-21-24(12-16)14-19-3-2-9-22(19)13-17-4-6-18(7-5-17)23-10-8-20-15-23/h4-8,10-12,15,19H,2-3,9,13-14H2,1H3/t19-/m1/s1. The second-order valence-electron chi connectivity index (χ2n) is 6.64. The fourth-order valence-corrected chi connectivity index (χ4v) is 3.51. The number of hydrogen-bond donors (Lipinski definition) is 0. The fourth-order valence-electron chi connectivity index (χ4n) is 3.51. The van der Waals surface area contributed by atoms with Crippen molar-refractivity contribution < 1.29 is 0 Å². The summed E-state index contributed by atoms with van der Waals surface area (Å²) in [4.78, 5) is 6.69. The van der Waals surface area contributed by atoms with Crippen LogP contribution in [0, 0.1) is 6.92 Å². The molecule has 5 heteroatoms. The van der Waals surface area contributed by atoms with E-state index in [2.05, 4.69) is 57.1 Å². The Kier molecular flexibility index (Phi) is 4.17. The van der Waals surface area contributed by atoms with Crippen molar-refractivity contribution >= 4 is 0 Å². The van der Waals surface area contributed by atoms with E-state index in [-0.39, 0.29) is 0 Å². The van der Waals surface area contributed by atoms with Crippen LogP contribution in [0.5, 0.6) is 0 Å². The molecule has 2 aromatic heterocycles. The largest absolute Gasteiger partial charge is 0.306 e. The SMILES string of the molecule is Cc1cnn(C[C@H]2CCCN2Cc2ccc(-n3ccnc3)cc2)c1. The van der Waals surface area contributed by atoms with E-state index in [1.165, 1.54) is 30.5 Å². The summed E-state index contributed by atoms with van der Waals surface area (Å²) in [5, 5.41) is 4.44. The molecule has 0 radical (unpaired) electrons. The highest BCUT2D eigenvalue weighted by Gasteiger charge is 2.25. The Balaban J connectivity index is 1.42. The Hall–Kier alpha value is -2.40. The van der Waals surface area contributed by atoms with Crippen molar-refractivity contribution in [1.29, 1.82) is 0 Å². The van der Waals surface area contributed by atoms with Crippen LogP contribution in [0.15, 0.2) is 55.4 Å². The molecule has 1 aliphatic heterocycles. The summed E-state index contributed by atoms with van der Waals surface area (Å²) in [5.41, 5.74) is 3.75. The predicted octanol–water partition coefficient (Wildman–Crippen LogP) is 3.04. The summed E-state index contributed by atoms with van der Waals surface area (Å²) in [6.07, 6.45) is 12.2. The van der Waals surface area contributed by atoms with E-state index in [0.717, 1.165) is 18.8 Å². The number of aryl methyl sites for hydroxylation is 1. The van der Waals surface area contributed by atoms with E-state index in [1.54, 1.807) is 6.20 Å². The minimum Gasteiger partial charge on any atom is -0.306 e. The summed E-state index contributed by atoms with van der Waals surface area (Å²) >= 11 is 0. The van der Waals surface area contributed by atoms with Crippen molar-refractivity contribution in [2.75, 3.05) is 6.54 Å². The molecule has 0 unspecified atom stereocenters. The van der Waals surface area contributed by atoms with Crippen LogP contribution in [0.3, 0.4) is 0 Å². The minimum absolute atomic E-state index is 0.581. The molecule has 4 rings (SSSR count). The Labute approximate surface area is 142 Å². The van der Waals surface area contributed by atoms with Crippen LogP contribution < -0.4 is 0 Å². The smallest absolute Gasteiger partial charge is 0.0991 e. The molecule has 0 saturated carbocycles. The lowest BCUT2D eigenvalue weighted by atomic mass is 10.1. The molecule has 0 aliphatic carbocycles. The van der Waals surface area contributed by atoms with Crippen molar-refractivity contribution in [3.05, 3.63) is 66.5 Å². The van der Waals surface area contributed by atoms with Crippen molar-refractivity contribution in [3.63, 3.8) is 0 Å². The van der Waals surface area contributed by atoms with E-state index in [1.807, 2.05) is 23.3 Å². The lowest BCUT2D eigenvalue weighted by Crippen LogP contribution is -2.32. The first kappa shape index (κ1) is 15.1. The monoisotopic (exact) mass is 321 g/mol. The number of rotatable bonds is 5. The molecule has 1 aromatic carbocycles. The number of benzene rings is 1. The van der Waals surface area contributed by atoms with Crippen molar-refractivity contribution in [2.45, 2.75) is 38.9 Å². The topological polar surface area (TPSA) is 38.9 Å². The zero-order valence-corrected chi connectivity index (χ0v) is 14.0. The third kappa shape index (κ3) is 3.26. The molecule has 0 amide bonds. The van der Waals surface area contributed by atoms with E-state index < -0.39 is 0 Å². The van der Waals surface area contributed by atoms with Crippen LogP contribution in [0.1, 0.15) is 24.0 Å². The second kappa shape index (κ2) is 6.61. The van der Waals surface area contributed by atoms with E-state index in [4.69, 9.17) is 0 Å². The molecule has 3 aromatic rings. The van der Waals surface area contributed by atoms with Crippen molar-refractivity contribution in [2.24, 2.45) is 0 Å². The maximum atomic E-state index is 4.44. The van der Waals surface area contributed by atoms with Gasteiger partial charge in [-0.2, -0.15) is 5.10 Å². The Morgan fingerprint density at radius 1 is 1.21 bits per heavy atom. The van der Waals surface area contributed by atoms with Gasteiger partial charge in [0.15, 0.2) is 0 Å². The molecule has 0 spiro atoms. The van der Waals surface area contributed by atoms with Gasteiger partial charge in [-0.05, 0) is 49.6 Å². The number of likely N-dealkylation sites (tertiary alicyclic amines) is 1. The van der Waals surface area contributed by atoms with Crippen LogP contribution >= 0.6 is 0 Å². The summed E-state index contributed by atoms with van der Waals surface area (Å²) in [6.45, 7) is 5.27. The van der Waals surface area contributed by atoms with Crippen LogP contribution in [-0.2, 0) is 13.1 Å². The zero-order chi connectivity index (χ0) is 16.4. The fraction of sp³-hybridized carbons (Fsp3) is 0.368. The predicted molar refractivity (Wildman–Crippen MR) is 94.0 cm³/mol. The maximum Gasteiger partial charge on any atom is 0.0991 e. The Morgan fingerprint density at radius 2 is 2.08 bits per heavy atom. The van der Waals surface area contributed by atoms with Gasteiger partial charge in [0, 0.05) is 36.9 Å². The molecule has 0 N–H and O–H groups in total. The molecule has 5 nitrogen and oxygen atoms in total. The second-order valence-corrected chi connectivity index (χ2v) is 6.64. The van der Waals surface area contributed by atoms with Gasteiger partial charge in [-0.1, -0.05) is 12.1 Å². The highest BCUT2D eigenvalue weighted by molar-refractivity contribution is 5.34. The lowest BCUT2D eigenvalue weighted by Gasteiger charge is -2.24. The van der Waals surface area contributed by atoms with Gasteiger partial charge >= 0.3 is 0 Å². The average molecular weight is 321 g/mol. The molecule has 1 aliphatic rings. The quantitative estimate of drug-likeness (QED) is 0.725. The normalized spacial score (nSPS) is 18.3. The van der Waals surface area contributed by atoms with Crippen LogP contribution in [0.4, 0.5) is 0 Å². The first-order chi connectivity index (χ1) is 11.8. The van der Waals surface area contributed by atoms with E-state index >= 15 is 0 Å². The summed E-state index contributed by atoms with van der Waals surface area (Å²) < 4.78 is 4.11. The van der Waals surface area contributed by atoms with Crippen molar-refractivity contribution in [3.8, 4) is 5.69 Å². The number of nitrogens with zero attached hydrogens (tertiary/aromatic N) is 5. The Bertz CT molecular complexity index is 772. The highest BCUT2D eigenvalue weighted by atomic mass is 15.3. The Morgan fingerprint density at radius 3 is 2.79 bits per heavy atom.